The zero-order valence-corrected chi connectivity index (χ0v) is 13.0. The summed E-state index contributed by atoms with van der Waals surface area (Å²) in [6, 6.07) is 2.76. The molecule has 1 aliphatic rings. The third-order valence-electron chi connectivity index (χ3n) is 4.06. The Kier molecular flexibility index (Phi) is 4.17. The monoisotopic (exact) mass is 290 g/mol. The van der Waals surface area contributed by atoms with Crippen molar-refractivity contribution in [2.24, 2.45) is 0 Å². The van der Waals surface area contributed by atoms with Crippen molar-refractivity contribution in [3.8, 4) is 0 Å². The Morgan fingerprint density at radius 2 is 2.15 bits per heavy atom. The van der Waals surface area contributed by atoms with Crippen molar-refractivity contribution in [2.75, 3.05) is 25.0 Å². The normalized spacial score (nSPS) is 17.7. The number of rotatable bonds is 5. The van der Waals surface area contributed by atoms with Crippen molar-refractivity contribution < 1.29 is 0 Å². The van der Waals surface area contributed by atoms with Gasteiger partial charge in [-0.15, -0.1) is 11.3 Å². The fourth-order valence-corrected chi connectivity index (χ4v) is 3.67. The van der Waals surface area contributed by atoms with E-state index in [1.807, 2.05) is 6.92 Å². The second-order valence-electron chi connectivity index (χ2n) is 5.57. The van der Waals surface area contributed by atoms with E-state index in [1.165, 1.54) is 25.9 Å². The number of nitrogens with zero attached hydrogens (tertiary/aromatic N) is 3. The number of aromatic nitrogens is 2. The summed E-state index contributed by atoms with van der Waals surface area (Å²) in [4.78, 5) is 12.7. The predicted octanol–water partition coefficient (Wildman–Crippen LogP) is 3.29. The summed E-state index contributed by atoms with van der Waals surface area (Å²) >= 11 is 1.68. The quantitative estimate of drug-likeness (QED) is 0.917. The van der Waals surface area contributed by atoms with Gasteiger partial charge in [-0.3, -0.25) is 0 Å². The van der Waals surface area contributed by atoms with Crippen LogP contribution >= 0.6 is 11.3 Å². The standard InChI is InChI=1S/C15H22N4S/c1-11(19-8-3-4-9-19)5-7-16-14-13-6-10-20-15(13)18-12(2)17-14/h6,10-11H,3-5,7-9H2,1-2H3,(H,16,17,18). The second kappa shape index (κ2) is 6.06. The summed E-state index contributed by atoms with van der Waals surface area (Å²) in [6.07, 6.45) is 3.88. The smallest absolute Gasteiger partial charge is 0.138 e. The molecule has 0 aliphatic carbocycles. The molecule has 3 rings (SSSR count). The number of hydrogen-bond donors (Lipinski definition) is 1. The number of aryl methyl sites for hydroxylation is 1. The molecule has 108 valence electrons. The minimum Gasteiger partial charge on any atom is -0.369 e. The van der Waals surface area contributed by atoms with Crippen LogP contribution in [-0.2, 0) is 0 Å². The summed E-state index contributed by atoms with van der Waals surface area (Å²) in [6.45, 7) is 7.79. The summed E-state index contributed by atoms with van der Waals surface area (Å²) in [7, 11) is 0. The molecule has 0 spiro atoms. The van der Waals surface area contributed by atoms with Gasteiger partial charge in [0.1, 0.15) is 16.5 Å². The Balaban J connectivity index is 1.60. The van der Waals surface area contributed by atoms with Gasteiger partial charge in [0, 0.05) is 12.6 Å². The zero-order chi connectivity index (χ0) is 13.9. The van der Waals surface area contributed by atoms with Crippen molar-refractivity contribution in [1.29, 1.82) is 0 Å². The summed E-state index contributed by atoms with van der Waals surface area (Å²) < 4.78 is 0. The fourth-order valence-electron chi connectivity index (χ4n) is 2.86. The molecule has 20 heavy (non-hydrogen) atoms. The average Bonchev–Trinajstić information content (AvgIpc) is 3.09. The molecule has 1 aliphatic heterocycles. The van der Waals surface area contributed by atoms with Crippen LogP contribution < -0.4 is 5.32 Å². The van der Waals surface area contributed by atoms with Crippen LogP contribution in [0.15, 0.2) is 11.4 Å². The molecule has 1 atom stereocenters. The molecule has 0 aromatic carbocycles. The maximum absolute atomic E-state index is 4.54. The van der Waals surface area contributed by atoms with Gasteiger partial charge >= 0.3 is 0 Å². The summed E-state index contributed by atoms with van der Waals surface area (Å²) in [5, 5.41) is 6.73. The molecular formula is C15H22N4S. The molecule has 0 amide bonds. The van der Waals surface area contributed by atoms with Gasteiger partial charge < -0.3 is 10.2 Å². The van der Waals surface area contributed by atoms with Crippen molar-refractivity contribution in [1.82, 2.24) is 14.9 Å². The topological polar surface area (TPSA) is 41.1 Å². The first-order valence-electron chi connectivity index (χ1n) is 7.44. The highest BCUT2D eigenvalue weighted by atomic mass is 32.1. The predicted molar refractivity (Wildman–Crippen MR) is 85.5 cm³/mol. The van der Waals surface area contributed by atoms with Gasteiger partial charge in [0.25, 0.3) is 0 Å². The van der Waals surface area contributed by atoms with Crippen molar-refractivity contribution >= 4 is 27.4 Å². The van der Waals surface area contributed by atoms with Gasteiger partial charge in [0.05, 0.1) is 5.39 Å². The highest BCUT2D eigenvalue weighted by molar-refractivity contribution is 7.16. The number of nitrogens with one attached hydrogen (secondary N) is 1. The highest BCUT2D eigenvalue weighted by Crippen LogP contribution is 2.25. The SMILES string of the molecule is Cc1nc(NCCC(C)N2CCCC2)c2ccsc2n1. The molecule has 5 heteroatoms. The maximum atomic E-state index is 4.54. The molecule has 1 saturated heterocycles. The van der Waals surface area contributed by atoms with Gasteiger partial charge in [0.2, 0.25) is 0 Å². The Bertz CT molecular complexity index is 574. The average molecular weight is 290 g/mol. The lowest BCUT2D eigenvalue weighted by atomic mass is 10.2. The Morgan fingerprint density at radius 3 is 2.95 bits per heavy atom. The van der Waals surface area contributed by atoms with Gasteiger partial charge in [-0.1, -0.05) is 0 Å². The zero-order valence-electron chi connectivity index (χ0n) is 12.2. The van der Waals surface area contributed by atoms with E-state index in [0.717, 1.165) is 34.8 Å². The van der Waals surface area contributed by atoms with Crippen LogP contribution in [0.4, 0.5) is 5.82 Å². The first kappa shape index (κ1) is 13.8. The Morgan fingerprint density at radius 1 is 1.35 bits per heavy atom. The number of anilines is 1. The van der Waals surface area contributed by atoms with Crippen LogP contribution in [0, 0.1) is 6.92 Å². The van der Waals surface area contributed by atoms with Gasteiger partial charge in [-0.05, 0) is 57.6 Å². The Labute approximate surface area is 124 Å². The van der Waals surface area contributed by atoms with E-state index in [-0.39, 0.29) is 0 Å². The van der Waals surface area contributed by atoms with Crippen LogP contribution in [0.1, 0.15) is 32.0 Å². The van der Waals surface area contributed by atoms with E-state index in [0.29, 0.717) is 6.04 Å². The van der Waals surface area contributed by atoms with Crippen LogP contribution in [0.3, 0.4) is 0 Å². The van der Waals surface area contributed by atoms with Crippen LogP contribution in [-0.4, -0.2) is 40.5 Å². The minimum atomic E-state index is 0.658. The van der Waals surface area contributed by atoms with E-state index >= 15 is 0 Å². The molecule has 1 fully saturated rings. The molecule has 2 aromatic rings. The van der Waals surface area contributed by atoms with Crippen molar-refractivity contribution in [2.45, 2.75) is 39.2 Å². The summed E-state index contributed by atoms with van der Waals surface area (Å²) in [5.74, 6) is 1.83. The number of thiophene rings is 1. The molecular weight excluding hydrogens is 268 g/mol. The number of fused-ring (bicyclic) bond motifs is 1. The number of hydrogen-bond acceptors (Lipinski definition) is 5. The highest BCUT2D eigenvalue weighted by Gasteiger charge is 2.17. The maximum Gasteiger partial charge on any atom is 0.138 e. The van der Waals surface area contributed by atoms with Crippen LogP contribution in [0.2, 0.25) is 0 Å². The van der Waals surface area contributed by atoms with E-state index in [2.05, 4.69) is 38.6 Å². The third-order valence-corrected chi connectivity index (χ3v) is 4.86. The Hall–Kier alpha value is -1.20. The lowest BCUT2D eigenvalue weighted by molar-refractivity contribution is 0.251. The van der Waals surface area contributed by atoms with E-state index < -0.39 is 0 Å². The van der Waals surface area contributed by atoms with Gasteiger partial charge in [-0.2, -0.15) is 0 Å². The summed E-state index contributed by atoms with van der Waals surface area (Å²) in [5.41, 5.74) is 0. The molecule has 4 nitrogen and oxygen atoms in total. The molecule has 0 bridgehead atoms. The lowest BCUT2D eigenvalue weighted by Gasteiger charge is -2.23. The second-order valence-corrected chi connectivity index (χ2v) is 6.46. The van der Waals surface area contributed by atoms with E-state index in [1.54, 1.807) is 11.3 Å². The largest absolute Gasteiger partial charge is 0.369 e. The van der Waals surface area contributed by atoms with Crippen molar-refractivity contribution in [3.05, 3.63) is 17.3 Å². The molecule has 0 saturated carbocycles. The molecule has 1 N–H and O–H groups in total. The number of likely N-dealkylation sites (tertiary alicyclic amines) is 1. The minimum absolute atomic E-state index is 0.658. The molecule has 1 unspecified atom stereocenters. The van der Waals surface area contributed by atoms with E-state index in [9.17, 15) is 0 Å². The van der Waals surface area contributed by atoms with Gasteiger partial charge in [-0.25, -0.2) is 9.97 Å². The van der Waals surface area contributed by atoms with Crippen LogP contribution in [0.5, 0.6) is 0 Å². The molecule has 2 aromatic heterocycles. The first-order chi connectivity index (χ1) is 9.74. The van der Waals surface area contributed by atoms with Crippen molar-refractivity contribution in [3.63, 3.8) is 0 Å². The van der Waals surface area contributed by atoms with Crippen LogP contribution in [0.25, 0.3) is 10.2 Å². The fraction of sp³-hybridized carbons (Fsp3) is 0.600. The molecule has 3 heterocycles. The molecule has 0 radical (unpaired) electrons. The van der Waals surface area contributed by atoms with Gasteiger partial charge in [0.15, 0.2) is 0 Å². The van der Waals surface area contributed by atoms with E-state index in [4.69, 9.17) is 0 Å². The third kappa shape index (κ3) is 2.94. The lowest BCUT2D eigenvalue weighted by Crippen LogP contribution is -2.31. The first-order valence-corrected chi connectivity index (χ1v) is 8.32.